The molecule has 0 aliphatic carbocycles. The molecule has 0 radical (unpaired) electrons. The summed E-state index contributed by atoms with van der Waals surface area (Å²) in [5, 5.41) is 0. The van der Waals surface area contributed by atoms with Gasteiger partial charge >= 0.3 is 0 Å². The van der Waals surface area contributed by atoms with Crippen molar-refractivity contribution in [3.05, 3.63) is 34.0 Å². The molecule has 2 heterocycles. The molecule has 6 heteroatoms. The summed E-state index contributed by atoms with van der Waals surface area (Å²) in [6.07, 6.45) is 4.00. The van der Waals surface area contributed by atoms with Crippen LogP contribution in [-0.2, 0) is 0 Å². The first-order chi connectivity index (χ1) is 11.2. The van der Waals surface area contributed by atoms with Crippen molar-refractivity contribution < 1.29 is 0 Å². The van der Waals surface area contributed by atoms with Crippen molar-refractivity contribution >= 4 is 60.3 Å². The van der Waals surface area contributed by atoms with E-state index in [4.69, 9.17) is 0 Å². The van der Waals surface area contributed by atoms with Crippen molar-refractivity contribution in [1.29, 1.82) is 0 Å². The molecule has 0 aliphatic rings. The lowest BCUT2D eigenvalue weighted by Crippen LogP contribution is -2.34. The van der Waals surface area contributed by atoms with Gasteiger partial charge in [-0.2, -0.15) is 0 Å². The van der Waals surface area contributed by atoms with Crippen LogP contribution in [-0.4, -0.2) is 41.7 Å². The Labute approximate surface area is 156 Å². The first-order valence-electron chi connectivity index (χ1n) is 8.36. The lowest BCUT2D eigenvalue weighted by Gasteiger charge is -2.11. The van der Waals surface area contributed by atoms with Gasteiger partial charge in [0.2, 0.25) is 0 Å². The molecule has 0 saturated carbocycles. The van der Waals surface area contributed by atoms with E-state index in [1.54, 1.807) is 0 Å². The maximum Gasteiger partial charge on any atom is 0.0904 e. The molecular weight excluding hydrogens is 365 g/mol. The quantitative estimate of drug-likeness (QED) is 0.378. The van der Waals surface area contributed by atoms with Gasteiger partial charge in [0.1, 0.15) is 0 Å². The fourth-order valence-corrected chi connectivity index (χ4v) is 7.71. The average Bonchev–Trinajstić information content (AvgIpc) is 3.10. The van der Waals surface area contributed by atoms with Crippen LogP contribution in [0.2, 0.25) is 39.3 Å². The Kier molecular flexibility index (Phi) is 6.53. The van der Waals surface area contributed by atoms with Crippen LogP contribution < -0.4 is 9.00 Å². The lowest BCUT2D eigenvalue weighted by atomic mass is 10.5. The summed E-state index contributed by atoms with van der Waals surface area (Å²) in [6.45, 7) is 15.8. The molecule has 2 rings (SSSR count). The minimum atomic E-state index is -1.18. The average molecular weight is 393 g/mol. The first kappa shape index (κ1) is 19.5. The summed E-state index contributed by atoms with van der Waals surface area (Å²) in [7, 11) is -2.37. The molecule has 0 spiro atoms. The van der Waals surface area contributed by atoms with E-state index in [1.165, 1.54) is 18.8 Å². The largest absolute Gasteiger partial charge is 0.290 e. The van der Waals surface area contributed by atoms with E-state index in [1.807, 2.05) is 35.1 Å². The van der Waals surface area contributed by atoms with Crippen molar-refractivity contribution in [2.45, 2.75) is 39.3 Å². The van der Waals surface area contributed by atoms with Gasteiger partial charge in [-0.3, -0.25) is 9.98 Å². The van der Waals surface area contributed by atoms with Crippen LogP contribution in [0.1, 0.15) is 9.75 Å². The zero-order valence-electron chi connectivity index (χ0n) is 15.6. The number of aliphatic imine (C=N–C) groups is 2. The summed E-state index contributed by atoms with van der Waals surface area (Å²) in [6, 6.07) is 8.91. The topological polar surface area (TPSA) is 24.7 Å². The Morgan fingerprint density at radius 3 is 1.38 bits per heavy atom. The van der Waals surface area contributed by atoms with Crippen molar-refractivity contribution in [3.8, 4) is 0 Å². The van der Waals surface area contributed by atoms with Gasteiger partial charge in [-0.25, -0.2) is 0 Å². The Hall–Kier alpha value is -0.826. The van der Waals surface area contributed by atoms with Gasteiger partial charge in [0.05, 0.1) is 29.2 Å². The van der Waals surface area contributed by atoms with Gasteiger partial charge in [0.25, 0.3) is 0 Å². The summed E-state index contributed by atoms with van der Waals surface area (Å²) in [5.41, 5.74) is 0. The molecule has 0 fully saturated rings. The third-order valence-electron chi connectivity index (χ3n) is 3.53. The van der Waals surface area contributed by atoms with Crippen LogP contribution in [0.15, 0.2) is 34.3 Å². The monoisotopic (exact) mass is 392 g/mol. The summed E-state index contributed by atoms with van der Waals surface area (Å²) < 4.78 is 3.08. The van der Waals surface area contributed by atoms with Crippen LogP contribution in [0.25, 0.3) is 0 Å². The first-order valence-corrected chi connectivity index (χ1v) is 17.0. The standard InChI is InChI=1S/C18H28N2S2Si2/c1-23(2,3)17-9-7-15(21-17)13-19-11-12-20-14-16-8-10-18(22-16)24(4,5)6/h7-10,13-14H,11-12H2,1-6H3. The Bertz CT molecular complexity index is 654. The Balaban J connectivity index is 1.80. The van der Waals surface area contributed by atoms with E-state index < -0.39 is 16.1 Å². The minimum Gasteiger partial charge on any atom is -0.290 e. The van der Waals surface area contributed by atoms with Gasteiger partial charge in [0, 0.05) is 22.2 Å². The molecule has 0 bridgehead atoms. The van der Waals surface area contributed by atoms with Crippen molar-refractivity contribution in [3.63, 3.8) is 0 Å². The van der Waals surface area contributed by atoms with Crippen LogP contribution >= 0.6 is 22.7 Å². The summed E-state index contributed by atoms with van der Waals surface area (Å²) in [4.78, 5) is 11.5. The molecule has 2 aromatic rings. The van der Waals surface area contributed by atoms with E-state index in [0.717, 1.165) is 13.1 Å². The third-order valence-corrected chi connectivity index (χ3v) is 12.8. The molecule has 2 aromatic heterocycles. The van der Waals surface area contributed by atoms with Gasteiger partial charge in [0.15, 0.2) is 0 Å². The highest BCUT2D eigenvalue weighted by Gasteiger charge is 2.18. The van der Waals surface area contributed by atoms with Gasteiger partial charge < -0.3 is 0 Å². The van der Waals surface area contributed by atoms with Gasteiger partial charge in [-0.1, -0.05) is 51.4 Å². The van der Waals surface area contributed by atoms with E-state index in [-0.39, 0.29) is 0 Å². The Morgan fingerprint density at radius 2 is 1.08 bits per heavy atom. The van der Waals surface area contributed by atoms with E-state index in [2.05, 4.69) is 73.5 Å². The molecule has 0 N–H and O–H groups in total. The van der Waals surface area contributed by atoms with Crippen LogP contribution in [0.4, 0.5) is 0 Å². The number of nitrogens with zero attached hydrogens (tertiary/aromatic N) is 2. The predicted molar refractivity (Wildman–Crippen MR) is 120 cm³/mol. The van der Waals surface area contributed by atoms with E-state index in [9.17, 15) is 0 Å². The second-order valence-electron chi connectivity index (χ2n) is 7.97. The molecule has 130 valence electrons. The SMILES string of the molecule is C[Si](C)(C)c1ccc(C=NCCN=Cc2ccc([Si](C)(C)C)s2)s1. The molecule has 0 unspecified atom stereocenters. The smallest absolute Gasteiger partial charge is 0.0904 e. The van der Waals surface area contributed by atoms with Crippen molar-refractivity contribution in [2.75, 3.05) is 13.1 Å². The fraction of sp³-hybridized carbons (Fsp3) is 0.444. The molecule has 0 aromatic carbocycles. The summed E-state index contributed by atoms with van der Waals surface area (Å²) >= 11 is 3.77. The molecule has 24 heavy (non-hydrogen) atoms. The van der Waals surface area contributed by atoms with Crippen molar-refractivity contribution in [2.24, 2.45) is 9.98 Å². The third kappa shape index (κ3) is 5.91. The molecule has 0 amide bonds. The van der Waals surface area contributed by atoms with Crippen molar-refractivity contribution in [1.82, 2.24) is 0 Å². The maximum atomic E-state index is 4.51. The molecule has 0 saturated heterocycles. The van der Waals surface area contributed by atoms with Gasteiger partial charge in [-0.05, 0) is 21.1 Å². The molecular formula is C18H28N2S2Si2. The predicted octanol–water partition coefficient (Wildman–Crippen LogP) is 4.44. The van der Waals surface area contributed by atoms with Crippen LogP contribution in [0.3, 0.4) is 0 Å². The molecule has 0 atom stereocenters. The Morgan fingerprint density at radius 1 is 0.708 bits per heavy atom. The number of hydrogen-bond acceptors (Lipinski definition) is 4. The van der Waals surface area contributed by atoms with Crippen LogP contribution in [0, 0.1) is 0 Å². The highest BCUT2D eigenvalue weighted by Crippen LogP contribution is 2.12. The normalized spacial score (nSPS) is 13.4. The zero-order valence-corrected chi connectivity index (χ0v) is 19.2. The van der Waals surface area contributed by atoms with E-state index >= 15 is 0 Å². The fourth-order valence-electron chi connectivity index (χ4n) is 2.08. The maximum absolute atomic E-state index is 4.51. The molecule has 0 aliphatic heterocycles. The number of rotatable bonds is 7. The summed E-state index contributed by atoms with van der Waals surface area (Å²) in [5.74, 6) is 0. The highest BCUT2D eigenvalue weighted by atomic mass is 32.1. The number of thiophene rings is 2. The molecule has 2 nitrogen and oxygen atoms in total. The lowest BCUT2D eigenvalue weighted by molar-refractivity contribution is 0.986. The highest BCUT2D eigenvalue weighted by molar-refractivity contribution is 7.28. The van der Waals surface area contributed by atoms with Gasteiger partial charge in [-0.15, -0.1) is 22.7 Å². The second-order valence-corrected chi connectivity index (χ2v) is 21.0. The number of hydrogen-bond donors (Lipinski definition) is 0. The van der Waals surface area contributed by atoms with E-state index in [0.29, 0.717) is 0 Å². The minimum absolute atomic E-state index is 0.753. The van der Waals surface area contributed by atoms with Crippen LogP contribution in [0.5, 0.6) is 0 Å². The second kappa shape index (κ2) is 8.04. The zero-order chi connectivity index (χ0) is 17.8.